The van der Waals surface area contributed by atoms with E-state index in [9.17, 15) is 4.79 Å². The number of carboxylic acids is 1. The molecular weight excluding hydrogens is 152 g/mol. The van der Waals surface area contributed by atoms with Crippen molar-refractivity contribution < 1.29 is 9.90 Å². The lowest BCUT2D eigenvalue weighted by Gasteiger charge is -2.11. The summed E-state index contributed by atoms with van der Waals surface area (Å²) in [6.07, 6.45) is -0.0162. The Morgan fingerprint density at radius 3 is 1.88 bits per heavy atom. The molecule has 0 aromatic heterocycles. The largest absolute Gasteiger partial charge is 0.481 e. The highest BCUT2D eigenvalue weighted by Gasteiger charge is 2.14. The molecule has 0 atom stereocenters. The van der Waals surface area contributed by atoms with Crippen LogP contribution in [-0.4, -0.2) is 41.8 Å². The summed E-state index contributed by atoms with van der Waals surface area (Å²) in [4.78, 5) is 9.92. The van der Waals surface area contributed by atoms with Crippen LogP contribution >= 0.6 is 0 Å². The summed E-state index contributed by atoms with van der Waals surface area (Å²) in [5.41, 5.74) is 0. The Morgan fingerprint density at radius 1 is 1.50 bits per heavy atom. The van der Waals surface area contributed by atoms with Gasteiger partial charge in [0.1, 0.15) is 0 Å². The minimum absolute atomic E-state index is 0.0162. The van der Waals surface area contributed by atoms with Gasteiger partial charge in [0, 0.05) is 37.1 Å². The molecular formula is C3H3O2Si3. The van der Waals surface area contributed by atoms with E-state index < -0.39 is 10.3 Å². The van der Waals surface area contributed by atoms with Crippen LogP contribution in [0.3, 0.4) is 0 Å². The Kier molecular flexibility index (Phi) is 2.64. The monoisotopic (exact) mass is 155 g/mol. The molecule has 0 aliphatic heterocycles. The maximum Gasteiger partial charge on any atom is 0.302 e. The highest BCUT2D eigenvalue weighted by atomic mass is 28.3. The maximum absolute atomic E-state index is 9.92. The third-order valence-corrected chi connectivity index (χ3v) is 0.947. The Balaban J connectivity index is 3.55. The summed E-state index contributed by atoms with van der Waals surface area (Å²) in [6.45, 7) is 0. The van der Waals surface area contributed by atoms with Gasteiger partial charge in [0.05, 0.1) is 0 Å². The van der Waals surface area contributed by atoms with E-state index in [0.717, 1.165) is 0 Å². The smallest absolute Gasteiger partial charge is 0.302 e. The number of rotatable bonds is 2. The first-order valence-corrected chi connectivity index (χ1v) is 3.38. The van der Waals surface area contributed by atoms with Crippen LogP contribution in [0.5, 0.6) is 0 Å². The molecule has 0 aromatic rings. The predicted molar refractivity (Wildman–Crippen MR) is 32.2 cm³/mol. The number of carbonyl (C=O) groups is 1. The summed E-state index contributed by atoms with van der Waals surface area (Å²) >= 11 is 0. The SMILES string of the molecule is O=C(O)CC([Si])([Si])[Si]. The molecule has 0 aliphatic carbocycles. The van der Waals surface area contributed by atoms with E-state index in [1.54, 1.807) is 0 Å². The number of carboxylic acid groups (broad SMARTS) is 1. The molecule has 0 heterocycles. The van der Waals surface area contributed by atoms with E-state index in [1.165, 1.54) is 0 Å². The van der Waals surface area contributed by atoms with Crippen molar-refractivity contribution in [2.75, 3.05) is 0 Å². The van der Waals surface area contributed by atoms with E-state index in [1.807, 2.05) is 0 Å². The molecule has 0 aromatic carbocycles. The van der Waals surface area contributed by atoms with Crippen LogP contribution in [0.4, 0.5) is 0 Å². The van der Waals surface area contributed by atoms with E-state index in [0.29, 0.717) is 0 Å². The summed E-state index contributed by atoms with van der Waals surface area (Å²) < 4.78 is -0.661. The van der Waals surface area contributed by atoms with Crippen molar-refractivity contribution in [3.05, 3.63) is 0 Å². The average molecular weight is 155 g/mol. The van der Waals surface area contributed by atoms with Crippen molar-refractivity contribution in [2.24, 2.45) is 0 Å². The maximum atomic E-state index is 9.92. The van der Waals surface area contributed by atoms with Gasteiger partial charge in [-0.3, -0.25) is 4.79 Å². The Morgan fingerprint density at radius 2 is 1.88 bits per heavy atom. The van der Waals surface area contributed by atoms with Crippen LogP contribution < -0.4 is 0 Å². The highest BCUT2D eigenvalue weighted by Crippen LogP contribution is 2.12. The number of hydrogen-bond donors (Lipinski definition) is 1. The minimum atomic E-state index is -0.870. The Bertz CT molecular complexity index is 95.2. The van der Waals surface area contributed by atoms with Crippen molar-refractivity contribution in [3.8, 4) is 0 Å². The molecule has 0 saturated heterocycles. The molecule has 0 aliphatic rings. The van der Waals surface area contributed by atoms with Gasteiger partial charge in [-0.25, -0.2) is 0 Å². The van der Waals surface area contributed by atoms with Crippen LogP contribution in [0, 0.1) is 0 Å². The molecule has 0 saturated carbocycles. The highest BCUT2D eigenvalue weighted by molar-refractivity contribution is 6.59. The zero-order valence-electron chi connectivity index (χ0n) is 4.06. The summed E-state index contributed by atoms with van der Waals surface area (Å²) in [6, 6.07) is 0. The van der Waals surface area contributed by atoms with Crippen molar-refractivity contribution in [2.45, 2.75) is 10.7 Å². The summed E-state index contributed by atoms with van der Waals surface area (Å²) in [5.74, 6) is -0.870. The fourth-order valence-electron chi connectivity index (χ4n) is 0.227. The van der Waals surface area contributed by atoms with Crippen LogP contribution in [0.2, 0.25) is 4.28 Å². The molecule has 5 heteroatoms. The Hall–Kier alpha value is 0.121. The van der Waals surface area contributed by atoms with Gasteiger partial charge in [-0.2, -0.15) is 0 Å². The third kappa shape index (κ3) is 6.12. The molecule has 0 rings (SSSR count). The van der Waals surface area contributed by atoms with Crippen LogP contribution in [0.25, 0.3) is 0 Å². The molecule has 1 N–H and O–H groups in total. The second-order valence-electron chi connectivity index (χ2n) is 1.48. The van der Waals surface area contributed by atoms with Gasteiger partial charge in [-0.15, -0.1) is 0 Å². The first-order chi connectivity index (χ1) is 3.42. The molecule has 0 unspecified atom stereocenters. The lowest BCUT2D eigenvalue weighted by molar-refractivity contribution is -0.136. The van der Waals surface area contributed by atoms with Crippen LogP contribution in [-0.2, 0) is 4.79 Å². The van der Waals surface area contributed by atoms with Gasteiger partial charge in [0.25, 0.3) is 0 Å². The fraction of sp³-hybridized carbons (Fsp3) is 0.667. The standard InChI is InChI=1S/C3H3O2Si3/c4-2(5)1-3(6,7)8/h1H2,(H,4,5). The molecule has 2 nitrogen and oxygen atoms in total. The molecule has 0 bridgehead atoms. The second-order valence-corrected chi connectivity index (χ2v) is 5.54. The predicted octanol–water partition coefficient (Wildman–Crippen LogP) is -0.960. The number of hydrogen-bond acceptors (Lipinski definition) is 1. The lowest BCUT2D eigenvalue weighted by Crippen LogP contribution is -2.17. The Labute approximate surface area is 57.9 Å². The van der Waals surface area contributed by atoms with E-state index in [-0.39, 0.29) is 6.42 Å². The van der Waals surface area contributed by atoms with Gasteiger partial charge in [0.2, 0.25) is 0 Å². The summed E-state index contributed by atoms with van der Waals surface area (Å²) in [5, 5.41) is 8.16. The van der Waals surface area contributed by atoms with Crippen molar-refractivity contribution in [1.82, 2.24) is 0 Å². The molecule has 0 amide bonds. The first-order valence-electron chi connectivity index (χ1n) is 1.88. The van der Waals surface area contributed by atoms with E-state index in [4.69, 9.17) is 5.11 Å². The van der Waals surface area contributed by atoms with Crippen molar-refractivity contribution >= 4 is 36.7 Å². The van der Waals surface area contributed by atoms with Crippen LogP contribution in [0.1, 0.15) is 6.42 Å². The molecule has 9 radical (unpaired) electrons. The zero-order chi connectivity index (χ0) is 6.78. The van der Waals surface area contributed by atoms with Gasteiger partial charge in [-0.05, 0) is 0 Å². The third-order valence-electron chi connectivity index (χ3n) is 0.416. The molecule has 0 spiro atoms. The van der Waals surface area contributed by atoms with Gasteiger partial charge < -0.3 is 5.11 Å². The average Bonchev–Trinajstić information content (AvgIpc) is 1.21. The molecule has 8 heavy (non-hydrogen) atoms. The topological polar surface area (TPSA) is 37.3 Å². The van der Waals surface area contributed by atoms with E-state index >= 15 is 0 Å². The van der Waals surface area contributed by atoms with Crippen molar-refractivity contribution in [3.63, 3.8) is 0 Å². The normalized spacial score (nSPS) is 11.4. The molecule has 0 fully saturated rings. The van der Waals surface area contributed by atoms with Crippen LogP contribution in [0.15, 0.2) is 0 Å². The first kappa shape index (κ1) is 8.12. The van der Waals surface area contributed by atoms with Gasteiger partial charge >= 0.3 is 5.97 Å². The second kappa shape index (κ2) is 2.60. The van der Waals surface area contributed by atoms with Crippen molar-refractivity contribution in [1.29, 1.82) is 0 Å². The number of aliphatic carboxylic acids is 1. The minimum Gasteiger partial charge on any atom is -0.481 e. The van der Waals surface area contributed by atoms with E-state index in [2.05, 4.69) is 30.7 Å². The summed E-state index contributed by atoms with van der Waals surface area (Å²) in [7, 11) is 9.22. The van der Waals surface area contributed by atoms with Gasteiger partial charge in [0.15, 0.2) is 0 Å². The fourth-order valence-corrected chi connectivity index (χ4v) is 0.681. The molecule has 39 valence electrons. The lowest BCUT2D eigenvalue weighted by atomic mass is 10.5. The zero-order valence-corrected chi connectivity index (χ0v) is 7.06. The van der Waals surface area contributed by atoms with Gasteiger partial charge in [-0.1, -0.05) is 4.28 Å². The quantitative estimate of drug-likeness (QED) is 0.522.